The van der Waals surface area contributed by atoms with Crippen LogP contribution < -0.4 is 5.32 Å². The maximum atomic E-state index is 12.0. The first-order valence-electron chi connectivity index (χ1n) is 7.13. The smallest absolute Gasteiger partial charge is 0.309 e. The van der Waals surface area contributed by atoms with Crippen LogP contribution in [-0.4, -0.2) is 25.5 Å². The van der Waals surface area contributed by atoms with Gasteiger partial charge >= 0.3 is 5.97 Å². The molecule has 4 nitrogen and oxygen atoms in total. The van der Waals surface area contributed by atoms with Gasteiger partial charge in [0.25, 0.3) is 5.91 Å². The van der Waals surface area contributed by atoms with Gasteiger partial charge < -0.3 is 10.1 Å². The largest absolute Gasteiger partial charge is 0.469 e. The molecule has 1 fully saturated rings. The van der Waals surface area contributed by atoms with Gasteiger partial charge in [0.1, 0.15) is 0 Å². The number of ether oxygens (including phenoxy) is 1. The first kappa shape index (κ1) is 14.6. The molecular formula is C16H21NO3. The molecule has 0 radical (unpaired) electrons. The highest BCUT2D eigenvalue weighted by Crippen LogP contribution is 2.30. The molecule has 0 spiro atoms. The highest BCUT2D eigenvalue weighted by molar-refractivity contribution is 5.94. The van der Waals surface area contributed by atoms with E-state index in [1.165, 1.54) is 7.11 Å². The summed E-state index contributed by atoms with van der Waals surface area (Å²) in [5.74, 6) is -0.128. The molecule has 0 heterocycles. The normalized spacial score (nSPS) is 22.1. The van der Waals surface area contributed by atoms with Gasteiger partial charge in [0.2, 0.25) is 0 Å². The van der Waals surface area contributed by atoms with Crippen molar-refractivity contribution >= 4 is 11.9 Å². The van der Waals surface area contributed by atoms with Crippen LogP contribution in [0.4, 0.5) is 0 Å². The molecule has 2 rings (SSSR count). The van der Waals surface area contributed by atoms with Gasteiger partial charge in [-0.3, -0.25) is 9.59 Å². The Labute approximate surface area is 119 Å². The van der Waals surface area contributed by atoms with Crippen LogP contribution in [-0.2, 0) is 9.53 Å². The minimum Gasteiger partial charge on any atom is -0.469 e. The van der Waals surface area contributed by atoms with Crippen molar-refractivity contribution in [1.29, 1.82) is 0 Å². The van der Waals surface area contributed by atoms with Gasteiger partial charge in [-0.25, -0.2) is 0 Å². The summed E-state index contributed by atoms with van der Waals surface area (Å²) >= 11 is 0. The van der Waals surface area contributed by atoms with Crippen molar-refractivity contribution in [1.82, 2.24) is 5.32 Å². The molecule has 1 saturated carbocycles. The Morgan fingerprint density at radius 1 is 1.20 bits per heavy atom. The molecule has 1 aromatic rings. The van der Waals surface area contributed by atoms with Crippen molar-refractivity contribution in [3.8, 4) is 0 Å². The first-order chi connectivity index (χ1) is 9.72. The molecule has 2 atom stereocenters. The van der Waals surface area contributed by atoms with Crippen molar-refractivity contribution in [3.63, 3.8) is 0 Å². The SMILES string of the molecule is COC(=O)C1CCCCC1CNC(=O)c1ccccc1. The van der Waals surface area contributed by atoms with E-state index in [-0.39, 0.29) is 23.7 Å². The minimum atomic E-state index is -0.149. The van der Waals surface area contributed by atoms with E-state index in [4.69, 9.17) is 4.74 Å². The number of amides is 1. The third kappa shape index (κ3) is 3.59. The number of hydrogen-bond acceptors (Lipinski definition) is 3. The van der Waals surface area contributed by atoms with Crippen molar-refractivity contribution in [2.45, 2.75) is 25.7 Å². The fourth-order valence-electron chi connectivity index (χ4n) is 2.83. The number of carbonyl (C=O) groups excluding carboxylic acids is 2. The second-order valence-electron chi connectivity index (χ2n) is 5.25. The maximum Gasteiger partial charge on any atom is 0.309 e. The lowest BCUT2D eigenvalue weighted by Crippen LogP contribution is -2.37. The predicted molar refractivity (Wildman–Crippen MR) is 76.2 cm³/mol. The molecule has 0 bridgehead atoms. The van der Waals surface area contributed by atoms with Crippen LogP contribution in [0.5, 0.6) is 0 Å². The summed E-state index contributed by atoms with van der Waals surface area (Å²) in [6, 6.07) is 9.13. The Kier molecular flexibility index (Phi) is 5.16. The first-order valence-corrected chi connectivity index (χ1v) is 7.13. The second-order valence-corrected chi connectivity index (χ2v) is 5.25. The van der Waals surface area contributed by atoms with E-state index in [9.17, 15) is 9.59 Å². The summed E-state index contributed by atoms with van der Waals surface area (Å²) < 4.78 is 4.86. The van der Waals surface area contributed by atoms with Gasteiger partial charge in [0.15, 0.2) is 0 Å². The molecule has 4 heteroatoms. The average molecular weight is 275 g/mol. The van der Waals surface area contributed by atoms with Crippen LogP contribution >= 0.6 is 0 Å². The number of esters is 1. The maximum absolute atomic E-state index is 12.0. The van der Waals surface area contributed by atoms with E-state index in [0.29, 0.717) is 12.1 Å². The predicted octanol–water partition coefficient (Wildman–Crippen LogP) is 2.40. The summed E-state index contributed by atoms with van der Waals surface area (Å²) in [7, 11) is 1.43. The topological polar surface area (TPSA) is 55.4 Å². The Balaban J connectivity index is 1.91. The van der Waals surface area contributed by atoms with Crippen molar-refractivity contribution in [2.75, 3.05) is 13.7 Å². The summed E-state index contributed by atoms with van der Waals surface area (Å²) in [5.41, 5.74) is 0.651. The number of rotatable bonds is 4. The molecular weight excluding hydrogens is 254 g/mol. The Bertz CT molecular complexity index is 458. The Morgan fingerprint density at radius 3 is 2.60 bits per heavy atom. The number of methoxy groups -OCH3 is 1. The van der Waals surface area contributed by atoms with Gasteiger partial charge in [-0.15, -0.1) is 0 Å². The summed E-state index contributed by atoms with van der Waals surface area (Å²) in [5, 5.41) is 2.93. The summed E-state index contributed by atoms with van der Waals surface area (Å²) in [4.78, 5) is 23.8. The average Bonchev–Trinajstić information content (AvgIpc) is 2.53. The number of hydrogen-bond donors (Lipinski definition) is 1. The molecule has 1 amide bonds. The highest BCUT2D eigenvalue weighted by Gasteiger charge is 2.31. The Morgan fingerprint density at radius 2 is 1.90 bits per heavy atom. The number of carbonyl (C=O) groups is 2. The molecule has 0 saturated heterocycles. The summed E-state index contributed by atoms with van der Waals surface area (Å²) in [6.45, 7) is 0.535. The van der Waals surface area contributed by atoms with Crippen molar-refractivity contribution < 1.29 is 14.3 Å². The van der Waals surface area contributed by atoms with Crippen LogP contribution in [0, 0.1) is 11.8 Å². The molecule has 1 aliphatic rings. The molecule has 1 aromatic carbocycles. The number of benzene rings is 1. The van der Waals surface area contributed by atoms with Crippen molar-refractivity contribution in [2.24, 2.45) is 11.8 Å². The van der Waals surface area contributed by atoms with E-state index >= 15 is 0 Å². The van der Waals surface area contributed by atoms with E-state index in [0.717, 1.165) is 25.7 Å². The third-order valence-electron chi connectivity index (χ3n) is 3.97. The lowest BCUT2D eigenvalue weighted by atomic mass is 9.79. The van der Waals surface area contributed by atoms with E-state index in [1.807, 2.05) is 18.2 Å². The monoisotopic (exact) mass is 275 g/mol. The molecule has 1 aliphatic carbocycles. The lowest BCUT2D eigenvalue weighted by Gasteiger charge is -2.29. The number of nitrogens with one attached hydrogen (secondary N) is 1. The molecule has 2 unspecified atom stereocenters. The zero-order valence-corrected chi connectivity index (χ0v) is 11.8. The van der Waals surface area contributed by atoms with Gasteiger partial charge in [-0.1, -0.05) is 31.0 Å². The fourth-order valence-corrected chi connectivity index (χ4v) is 2.83. The van der Waals surface area contributed by atoms with E-state index in [1.54, 1.807) is 12.1 Å². The molecule has 1 N–H and O–H groups in total. The fraction of sp³-hybridized carbons (Fsp3) is 0.500. The van der Waals surface area contributed by atoms with Crippen LogP contribution in [0.2, 0.25) is 0 Å². The van der Waals surface area contributed by atoms with Gasteiger partial charge in [-0.05, 0) is 30.9 Å². The molecule has 0 aromatic heterocycles. The second kappa shape index (κ2) is 7.08. The van der Waals surface area contributed by atoms with Crippen LogP contribution in [0.25, 0.3) is 0 Å². The third-order valence-corrected chi connectivity index (χ3v) is 3.97. The zero-order chi connectivity index (χ0) is 14.4. The van der Waals surface area contributed by atoms with Gasteiger partial charge in [0, 0.05) is 12.1 Å². The minimum absolute atomic E-state index is 0.0789. The highest BCUT2D eigenvalue weighted by atomic mass is 16.5. The molecule has 108 valence electrons. The van der Waals surface area contributed by atoms with Crippen molar-refractivity contribution in [3.05, 3.63) is 35.9 Å². The van der Waals surface area contributed by atoms with Crippen LogP contribution in [0.1, 0.15) is 36.0 Å². The van der Waals surface area contributed by atoms with E-state index in [2.05, 4.69) is 5.32 Å². The van der Waals surface area contributed by atoms with E-state index < -0.39 is 0 Å². The van der Waals surface area contributed by atoms with Gasteiger partial charge in [-0.2, -0.15) is 0 Å². The molecule has 20 heavy (non-hydrogen) atoms. The lowest BCUT2D eigenvalue weighted by molar-refractivity contribution is -0.148. The Hall–Kier alpha value is -1.84. The van der Waals surface area contributed by atoms with Gasteiger partial charge in [0.05, 0.1) is 13.0 Å². The quantitative estimate of drug-likeness (QED) is 0.858. The standard InChI is InChI=1S/C16H21NO3/c1-20-16(19)14-10-6-5-9-13(14)11-17-15(18)12-7-3-2-4-8-12/h2-4,7-8,13-14H,5-6,9-11H2,1H3,(H,17,18). The summed E-state index contributed by atoms with van der Waals surface area (Å²) in [6.07, 6.45) is 4.00. The zero-order valence-electron chi connectivity index (χ0n) is 11.8. The van der Waals surface area contributed by atoms with Crippen LogP contribution in [0.3, 0.4) is 0 Å². The van der Waals surface area contributed by atoms with Crippen LogP contribution in [0.15, 0.2) is 30.3 Å². The molecule has 0 aliphatic heterocycles.